The van der Waals surface area contributed by atoms with Crippen LogP contribution in [-0.2, 0) is 0 Å². The maximum atomic E-state index is 10.8. The van der Waals surface area contributed by atoms with Crippen LogP contribution in [0.3, 0.4) is 0 Å². The summed E-state index contributed by atoms with van der Waals surface area (Å²) >= 11 is 0. The fraction of sp³-hybridized carbons (Fsp3) is 1.00. The van der Waals surface area contributed by atoms with E-state index in [-0.39, 0.29) is 5.92 Å². The van der Waals surface area contributed by atoms with Gasteiger partial charge in [0.15, 0.2) is 0 Å². The summed E-state index contributed by atoms with van der Waals surface area (Å²) < 4.78 is 0. The van der Waals surface area contributed by atoms with Crippen LogP contribution in [0.25, 0.3) is 0 Å². The summed E-state index contributed by atoms with van der Waals surface area (Å²) in [5, 5.41) is 20.8. The third-order valence-corrected chi connectivity index (χ3v) is 4.61. The van der Waals surface area contributed by atoms with Crippen molar-refractivity contribution < 1.29 is 10.2 Å². The first-order valence-electron chi connectivity index (χ1n) is 8.26. The average Bonchev–Trinajstić information content (AvgIpc) is 2.26. The Kier molecular flexibility index (Phi) is 6.82. The molecule has 0 aromatic carbocycles. The van der Waals surface area contributed by atoms with Gasteiger partial charge >= 0.3 is 0 Å². The smallest absolute Gasteiger partial charge is 0.0648 e. The molecule has 114 valence electrons. The standard InChI is InChI=1S/C17H34O2/c1-16(2,18)14-15-12-10-8-6-4-5-7-9-11-13-17(15,3)19/h15,18-19H,4-14H2,1-3H3. The molecule has 0 aromatic rings. The van der Waals surface area contributed by atoms with Crippen LogP contribution >= 0.6 is 0 Å². The highest BCUT2D eigenvalue weighted by Crippen LogP contribution is 2.35. The molecule has 0 spiro atoms. The van der Waals surface area contributed by atoms with Gasteiger partial charge in [-0.1, -0.05) is 51.4 Å². The number of hydrogen-bond donors (Lipinski definition) is 2. The van der Waals surface area contributed by atoms with Gasteiger partial charge in [0.1, 0.15) is 0 Å². The predicted octanol–water partition coefficient (Wildman–Crippen LogP) is 4.43. The highest BCUT2D eigenvalue weighted by Gasteiger charge is 2.34. The van der Waals surface area contributed by atoms with E-state index < -0.39 is 11.2 Å². The van der Waals surface area contributed by atoms with E-state index in [1.54, 1.807) is 0 Å². The van der Waals surface area contributed by atoms with Crippen molar-refractivity contribution in [2.24, 2.45) is 5.92 Å². The molecule has 0 bridgehead atoms. The van der Waals surface area contributed by atoms with Crippen LogP contribution in [0.15, 0.2) is 0 Å². The van der Waals surface area contributed by atoms with Gasteiger partial charge in [0, 0.05) is 0 Å². The summed E-state index contributed by atoms with van der Waals surface area (Å²) in [4.78, 5) is 0. The fourth-order valence-corrected chi connectivity index (χ4v) is 3.37. The van der Waals surface area contributed by atoms with Crippen LogP contribution in [0.1, 0.15) is 91.4 Å². The SMILES string of the molecule is CC(C)(O)CC1CCCCCCCCCCC1(C)O. The highest BCUT2D eigenvalue weighted by molar-refractivity contribution is 4.86. The van der Waals surface area contributed by atoms with E-state index in [4.69, 9.17) is 0 Å². The van der Waals surface area contributed by atoms with Crippen LogP contribution in [0, 0.1) is 5.92 Å². The number of aliphatic hydroxyl groups is 2. The summed E-state index contributed by atoms with van der Waals surface area (Å²) in [6, 6.07) is 0. The average molecular weight is 270 g/mol. The molecule has 0 amide bonds. The van der Waals surface area contributed by atoms with E-state index in [9.17, 15) is 10.2 Å². The van der Waals surface area contributed by atoms with Crippen molar-refractivity contribution in [3.05, 3.63) is 0 Å². The van der Waals surface area contributed by atoms with Crippen molar-refractivity contribution in [2.75, 3.05) is 0 Å². The summed E-state index contributed by atoms with van der Waals surface area (Å²) in [5.41, 5.74) is -1.29. The van der Waals surface area contributed by atoms with Crippen LogP contribution in [0.4, 0.5) is 0 Å². The van der Waals surface area contributed by atoms with Crippen LogP contribution in [-0.4, -0.2) is 21.4 Å². The molecule has 1 fully saturated rings. The lowest BCUT2D eigenvalue weighted by molar-refractivity contribution is -0.0536. The van der Waals surface area contributed by atoms with Crippen LogP contribution in [0.2, 0.25) is 0 Å². The van der Waals surface area contributed by atoms with Gasteiger partial charge in [0.2, 0.25) is 0 Å². The van der Waals surface area contributed by atoms with E-state index >= 15 is 0 Å². The number of rotatable bonds is 2. The van der Waals surface area contributed by atoms with E-state index in [2.05, 4.69) is 0 Å². The molecule has 1 saturated carbocycles. The largest absolute Gasteiger partial charge is 0.390 e. The Morgan fingerprint density at radius 1 is 0.947 bits per heavy atom. The van der Waals surface area contributed by atoms with Crippen molar-refractivity contribution in [2.45, 2.75) is 103 Å². The van der Waals surface area contributed by atoms with Crippen molar-refractivity contribution in [1.82, 2.24) is 0 Å². The second kappa shape index (κ2) is 7.64. The Balaban J connectivity index is 2.62. The van der Waals surface area contributed by atoms with Gasteiger partial charge in [-0.05, 0) is 46.0 Å². The lowest BCUT2D eigenvalue weighted by Gasteiger charge is -2.37. The minimum Gasteiger partial charge on any atom is -0.390 e. The van der Waals surface area contributed by atoms with E-state index in [0.717, 1.165) is 19.3 Å². The van der Waals surface area contributed by atoms with Crippen molar-refractivity contribution >= 4 is 0 Å². The highest BCUT2D eigenvalue weighted by atomic mass is 16.3. The Morgan fingerprint density at radius 2 is 1.42 bits per heavy atom. The topological polar surface area (TPSA) is 40.5 Å². The molecule has 2 heteroatoms. The van der Waals surface area contributed by atoms with Gasteiger partial charge in [-0.3, -0.25) is 0 Å². The molecule has 1 rings (SSSR count). The summed E-state index contributed by atoms with van der Waals surface area (Å²) in [6.45, 7) is 5.70. The zero-order valence-corrected chi connectivity index (χ0v) is 13.2. The van der Waals surface area contributed by atoms with E-state index in [1.807, 2.05) is 20.8 Å². The fourth-order valence-electron chi connectivity index (χ4n) is 3.37. The minimum absolute atomic E-state index is 0.229. The van der Waals surface area contributed by atoms with Crippen LogP contribution in [0.5, 0.6) is 0 Å². The second-order valence-electron chi connectivity index (χ2n) is 7.44. The summed E-state index contributed by atoms with van der Waals surface area (Å²) in [5.74, 6) is 0.229. The third kappa shape index (κ3) is 7.31. The lowest BCUT2D eigenvalue weighted by atomic mass is 9.75. The van der Waals surface area contributed by atoms with Gasteiger partial charge < -0.3 is 10.2 Å². The molecular weight excluding hydrogens is 236 g/mol. The van der Waals surface area contributed by atoms with Gasteiger partial charge in [-0.15, -0.1) is 0 Å². The van der Waals surface area contributed by atoms with E-state index in [0.29, 0.717) is 6.42 Å². The van der Waals surface area contributed by atoms with Gasteiger partial charge in [-0.2, -0.15) is 0 Å². The molecule has 0 aliphatic heterocycles. The monoisotopic (exact) mass is 270 g/mol. The first-order chi connectivity index (χ1) is 8.81. The molecule has 0 saturated heterocycles. The molecule has 2 nitrogen and oxygen atoms in total. The Bertz CT molecular complexity index is 240. The third-order valence-electron chi connectivity index (χ3n) is 4.61. The molecule has 0 radical (unpaired) electrons. The zero-order valence-electron chi connectivity index (χ0n) is 13.2. The van der Waals surface area contributed by atoms with Gasteiger partial charge in [0.05, 0.1) is 11.2 Å². The minimum atomic E-state index is -0.675. The maximum absolute atomic E-state index is 10.8. The molecule has 2 atom stereocenters. The van der Waals surface area contributed by atoms with Gasteiger partial charge in [0.25, 0.3) is 0 Å². The molecule has 2 N–H and O–H groups in total. The van der Waals surface area contributed by atoms with Crippen LogP contribution < -0.4 is 0 Å². The second-order valence-corrected chi connectivity index (χ2v) is 7.44. The first kappa shape index (κ1) is 17.0. The van der Waals surface area contributed by atoms with Crippen molar-refractivity contribution in [3.63, 3.8) is 0 Å². The normalized spacial score (nSPS) is 32.4. The zero-order chi connectivity index (χ0) is 14.4. The Morgan fingerprint density at radius 3 is 1.95 bits per heavy atom. The molecule has 0 aromatic heterocycles. The molecule has 2 unspecified atom stereocenters. The molecule has 19 heavy (non-hydrogen) atoms. The Hall–Kier alpha value is -0.0800. The summed E-state index contributed by atoms with van der Waals surface area (Å²) in [7, 11) is 0. The molecule has 0 heterocycles. The molecule has 1 aliphatic rings. The first-order valence-corrected chi connectivity index (χ1v) is 8.26. The van der Waals surface area contributed by atoms with Crippen molar-refractivity contribution in [3.8, 4) is 0 Å². The summed E-state index contributed by atoms with van der Waals surface area (Å²) in [6.07, 6.45) is 12.8. The maximum Gasteiger partial charge on any atom is 0.0648 e. The predicted molar refractivity (Wildman–Crippen MR) is 81.2 cm³/mol. The van der Waals surface area contributed by atoms with E-state index in [1.165, 1.54) is 44.9 Å². The quantitative estimate of drug-likeness (QED) is 0.779. The molecule has 1 aliphatic carbocycles. The van der Waals surface area contributed by atoms with Gasteiger partial charge in [-0.25, -0.2) is 0 Å². The Labute approximate surface area is 119 Å². The number of hydrogen-bond acceptors (Lipinski definition) is 2. The van der Waals surface area contributed by atoms with Crippen molar-refractivity contribution in [1.29, 1.82) is 0 Å². The molecular formula is C17H34O2. The lowest BCUT2D eigenvalue weighted by Crippen LogP contribution is -2.39.